The van der Waals surface area contributed by atoms with Crippen molar-refractivity contribution in [2.24, 2.45) is 0 Å². The van der Waals surface area contributed by atoms with Crippen molar-refractivity contribution < 1.29 is 14.2 Å². The number of halogens is 1. The van der Waals surface area contributed by atoms with E-state index in [0.717, 1.165) is 6.42 Å². The van der Waals surface area contributed by atoms with Crippen LogP contribution in [0.4, 0.5) is 4.39 Å². The Bertz CT molecular complexity index is 276. The Hall–Kier alpha value is -0.930. The minimum atomic E-state index is -0.872. The average molecular weight is 198 g/mol. The van der Waals surface area contributed by atoms with Crippen LogP contribution in [0.3, 0.4) is 0 Å². The highest BCUT2D eigenvalue weighted by molar-refractivity contribution is 5.19. The molecule has 0 fully saturated rings. The van der Waals surface area contributed by atoms with Gasteiger partial charge in [0.25, 0.3) is 0 Å². The van der Waals surface area contributed by atoms with Crippen LogP contribution in [0, 0.1) is 5.82 Å². The van der Waals surface area contributed by atoms with Crippen molar-refractivity contribution in [1.29, 1.82) is 0 Å². The van der Waals surface area contributed by atoms with Crippen molar-refractivity contribution in [1.82, 2.24) is 0 Å². The molecule has 1 N–H and O–H groups in total. The van der Waals surface area contributed by atoms with Crippen LogP contribution in [0.15, 0.2) is 24.3 Å². The summed E-state index contributed by atoms with van der Waals surface area (Å²) >= 11 is 0. The summed E-state index contributed by atoms with van der Waals surface area (Å²) in [6, 6.07) is 6.19. The van der Waals surface area contributed by atoms with Crippen LogP contribution in [0.25, 0.3) is 0 Å². The smallest absolute Gasteiger partial charge is 0.129 e. The highest BCUT2D eigenvalue weighted by atomic mass is 19.1. The quantitative estimate of drug-likeness (QED) is 0.735. The predicted molar refractivity (Wildman–Crippen MR) is 52.5 cm³/mol. The van der Waals surface area contributed by atoms with E-state index in [9.17, 15) is 9.50 Å². The van der Waals surface area contributed by atoms with Crippen molar-refractivity contribution >= 4 is 0 Å². The van der Waals surface area contributed by atoms with Crippen LogP contribution in [-0.4, -0.2) is 18.3 Å². The number of benzene rings is 1. The molecule has 0 saturated heterocycles. The summed E-state index contributed by atoms with van der Waals surface area (Å²) in [5.41, 5.74) is 0.295. The molecule has 3 heteroatoms. The van der Waals surface area contributed by atoms with Gasteiger partial charge in [-0.25, -0.2) is 4.39 Å². The maximum atomic E-state index is 13.1. The van der Waals surface area contributed by atoms with E-state index in [-0.39, 0.29) is 12.4 Å². The summed E-state index contributed by atoms with van der Waals surface area (Å²) in [4.78, 5) is 0. The first-order valence-electron chi connectivity index (χ1n) is 4.76. The molecule has 0 saturated carbocycles. The van der Waals surface area contributed by atoms with E-state index in [2.05, 4.69) is 0 Å². The van der Waals surface area contributed by atoms with Gasteiger partial charge in [-0.15, -0.1) is 0 Å². The highest BCUT2D eigenvalue weighted by Gasteiger charge is 2.11. The van der Waals surface area contributed by atoms with Gasteiger partial charge >= 0.3 is 0 Å². The van der Waals surface area contributed by atoms with E-state index >= 15 is 0 Å². The summed E-state index contributed by atoms with van der Waals surface area (Å²) in [5, 5.41) is 9.56. The molecule has 0 aliphatic heterocycles. The summed E-state index contributed by atoms with van der Waals surface area (Å²) in [6.07, 6.45) is 0.0204. The fourth-order valence-electron chi connectivity index (χ4n) is 1.17. The lowest BCUT2D eigenvalue weighted by Crippen LogP contribution is -2.09. The first kappa shape index (κ1) is 11.1. The Morgan fingerprint density at radius 1 is 1.43 bits per heavy atom. The minimum Gasteiger partial charge on any atom is -0.386 e. The topological polar surface area (TPSA) is 29.5 Å². The highest BCUT2D eigenvalue weighted by Crippen LogP contribution is 2.16. The van der Waals surface area contributed by atoms with Gasteiger partial charge in [-0.2, -0.15) is 0 Å². The second-order valence-corrected chi connectivity index (χ2v) is 3.11. The zero-order valence-corrected chi connectivity index (χ0v) is 8.24. The zero-order chi connectivity index (χ0) is 10.4. The molecule has 1 unspecified atom stereocenters. The van der Waals surface area contributed by atoms with Crippen molar-refractivity contribution in [2.45, 2.75) is 19.4 Å². The number of hydrogen-bond donors (Lipinski definition) is 1. The Labute approximate surface area is 83.3 Å². The molecule has 14 heavy (non-hydrogen) atoms. The first-order chi connectivity index (χ1) is 6.75. The van der Waals surface area contributed by atoms with Gasteiger partial charge in [0.1, 0.15) is 11.9 Å². The van der Waals surface area contributed by atoms with E-state index in [1.807, 2.05) is 6.92 Å². The average Bonchev–Trinajstić information content (AvgIpc) is 2.18. The minimum absolute atomic E-state index is 0.148. The molecule has 0 bridgehead atoms. The number of rotatable bonds is 5. The van der Waals surface area contributed by atoms with Gasteiger partial charge in [-0.05, 0) is 12.5 Å². The lowest BCUT2D eigenvalue weighted by molar-refractivity contribution is 0.0346. The third kappa shape index (κ3) is 3.09. The molecular weight excluding hydrogens is 183 g/mol. The summed E-state index contributed by atoms with van der Waals surface area (Å²) in [7, 11) is 0. The van der Waals surface area contributed by atoms with Crippen LogP contribution in [0.5, 0.6) is 0 Å². The summed E-state index contributed by atoms with van der Waals surface area (Å²) in [6.45, 7) is 2.72. The SMILES string of the molecule is CCCOCC(O)c1ccccc1F. The lowest BCUT2D eigenvalue weighted by Gasteiger charge is -2.11. The van der Waals surface area contributed by atoms with Gasteiger partial charge in [0.05, 0.1) is 6.61 Å². The van der Waals surface area contributed by atoms with Gasteiger partial charge < -0.3 is 9.84 Å². The Balaban J connectivity index is 2.51. The van der Waals surface area contributed by atoms with Crippen molar-refractivity contribution in [3.05, 3.63) is 35.6 Å². The Kier molecular flexibility index (Phi) is 4.56. The molecule has 78 valence electrons. The molecule has 0 radical (unpaired) electrons. The monoisotopic (exact) mass is 198 g/mol. The zero-order valence-electron chi connectivity index (χ0n) is 8.24. The Morgan fingerprint density at radius 3 is 2.79 bits per heavy atom. The molecule has 0 aromatic heterocycles. The Morgan fingerprint density at radius 2 is 2.14 bits per heavy atom. The van der Waals surface area contributed by atoms with E-state index in [4.69, 9.17) is 4.74 Å². The molecule has 1 atom stereocenters. The molecule has 0 amide bonds. The standard InChI is InChI=1S/C11H15FO2/c1-2-7-14-8-11(13)9-5-3-4-6-10(9)12/h3-6,11,13H,2,7-8H2,1H3. The maximum absolute atomic E-state index is 13.1. The summed E-state index contributed by atoms with van der Waals surface area (Å²) in [5.74, 6) is -0.389. The van der Waals surface area contributed by atoms with E-state index in [1.165, 1.54) is 6.07 Å². The van der Waals surface area contributed by atoms with Gasteiger partial charge in [0.2, 0.25) is 0 Å². The predicted octanol–water partition coefficient (Wildman–Crippen LogP) is 2.29. The molecule has 1 aromatic rings. The van der Waals surface area contributed by atoms with Crippen LogP contribution in [0.2, 0.25) is 0 Å². The first-order valence-corrected chi connectivity index (χ1v) is 4.76. The molecule has 0 spiro atoms. The maximum Gasteiger partial charge on any atom is 0.129 e. The van der Waals surface area contributed by atoms with Gasteiger partial charge in [0, 0.05) is 12.2 Å². The third-order valence-electron chi connectivity index (χ3n) is 1.89. The number of hydrogen-bond acceptors (Lipinski definition) is 2. The largest absolute Gasteiger partial charge is 0.386 e. The van der Waals surface area contributed by atoms with Crippen LogP contribution >= 0.6 is 0 Å². The second-order valence-electron chi connectivity index (χ2n) is 3.11. The van der Waals surface area contributed by atoms with Gasteiger partial charge in [-0.1, -0.05) is 25.1 Å². The molecule has 0 aliphatic carbocycles. The van der Waals surface area contributed by atoms with Crippen LogP contribution in [-0.2, 0) is 4.74 Å². The molecule has 2 nitrogen and oxygen atoms in total. The number of aliphatic hydroxyl groups excluding tert-OH is 1. The van der Waals surface area contributed by atoms with Crippen LogP contribution in [0.1, 0.15) is 25.0 Å². The molecule has 0 heterocycles. The molecule has 1 aromatic carbocycles. The lowest BCUT2D eigenvalue weighted by atomic mass is 10.1. The van der Waals surface area contributed by atoms with Crippen LogP contribution < -0.4 is 0 Å². The normalized spacial score (nSPS) is 12.8. The number of ether oxygens (including phenoxy) is 1. The van der Waals surface area contributed by atoms with Crippen molar-refractivity contribution in [3.63, 3.8) is 0 Å². The van der Waals surface area contributed by atoms with Crippen molar-refractivity contribution in [3.8, 4) is 0 Å². The number of aliphatic hydroxyl groups is 1. The second kappa shape index (κ2) is 5.73. The van der Waals surface area contributed by atoms with E-state index in [1.54, 1.807) is 18.2 Å². The summed E-state index contributed by atoms with van der Waals surface area (Å²) < 4.78 is 18.3. The van der Waals surface area contributed by atoms with Gasteiger partial charge in [-0.3, -0.25) is 0 Å². The molecule has 1 rings (SSSR count). The third-order valence-corrected chi connectivity index (χ3v) is 1.89. The van der Waals surface area contributed by atoms with E-state index < -0.39 is 6.10 Å². The molecule has 0 aliphatic rings. The van der Waals surface area contributed by atoms with Gasteiger partial charge in [0.15, 0.2) is 0 Å². The fourth-order valence-corrected chi connectivity index (χ4v) is 1.17. The van der Waals surface area contributed by atoms with Crippen molar-refractivity contribution in [2.75, 3.05) is 13.2 Å². The van der Waals surface area contributed by atoms with E-state index in [0.29, 0.717) is 12.2 Å². The fraction of sp³-hybridized carbons (Fsp3) is 0.455. The molecular formula is C11H15FO2.